The summed E-state index contributed by atoms with van der Waals surface area (Å²) in [5, 5.41) is 8.84. The van der Waals surface area contributed by atoms with Crippen LogP contribution in [-0.2, 0) is 13.1 Å². The summed E-state index contributed by atoms with van der Waals surface area (Å²) < 4.78 is 12.2. The summed E-state index contributed by atoms with van der Waals surface area (Å²) in [6.07, 6.45) is 1.93. The van der Waals surface area contributed by atoms with Crippen molar-refractivity contribution in [1.82, 2.24) is 20.6 Å². The summed E-state index contributed by atoms with van der Waals surface area (Å²) in [5.41, 5.74) is 3.38. The number of H-pyrrole nitrogens is 1. The lowest BCUT2D eigenvalue weighted by Crippen LogP contribution is -2.30. The Labute approximate surface area is 190 Å². The number of urea groups is 1. The van der Waals surface area contributed by atoms with Crippen LogP contribution < -0.4 is 21.5 Å². The van der Waals surface area contributed by atoms with Crippen LogP contribution in [0.1, 0.15) is 23.1 Å². The first-order valence-corrected chi connectivity index (χ1v) is 10.6. The number of hydrogen-bond acceptors (Lipinski definition) is 4. The van der Waals surface area contributed by atoms with Gasteiger partial charge in [-0.2, -0.15) is 4.98 Å². The third kappa shape index (κ3) is 6.63. The van der Waals surface area contributed by atoms with Crippen LogP contribution in [0.25, 0.3) is 11.1 Å². The van der Waals surface area contributed by atoms with E-state index in [0.717, 1.165) is 16.7 Å². The van der Waals surface area contributed by atoms with Gasteiger partial charge in [0.2, 0.25) is 5.95 Å². The van der Waals surface area contributed by atoms with Crippen LogP contribution in [0.3, 0.4) is 0 Å². The van der Waals surface area contributed by atoms with E-state index < -0.39 is 11.6 Å². The molecular weight excluding hydrogens is 433 g/mol. The largest absolute Gasteiger partial charge is 0.334 e. The molecule has 2 amide bonds. The number of carbonyl (C=O) groups excluding carboxylic acids is 1. The molecule has 0 aliphatic heterocycles. The van der Waals surface area contributed by atoms with Crippen molar-refractivity contribution in [3.8, 4) is 11.1 Å². The zero-order chi connectivity index (χ0) is 22.9. The SMILES string of the molecule is Cc1ccc(CNC(=O)Nc2nc(=O)c(-c3ccc(CNCCCF)c(Cl)c3)c[nH]2)cc1. The minimum atomic E-state index is -0.498. The van der Waals surface area contributed by atoms with E-state index in [1.807, 2.05) is 37.3 Å². The molecule has 0 saturated heterocycles. The number of carbonyl (C=O) groups is 1. The van der Waals surface area contributed by atoms with E-state index in [-0.39, 0.29) is 12.6 Å². The summed E-state index contributed by atoms with van der Waals surface area (Å²) in [4.78, 5) is 31.3. The molecule has 1 heterocycles. The summed E-state index contributed by atoms with van der Waals surface area (Å²) in [7, 11) is 0. The predicted molar refractivity (Wildman–Crippen MR) is 125 cm³/mol. The number of hydrogen-bond donors (Lipinski definition) is 4. The highest BCUT2D eigenvalue weighted by atomic mass is 35.5. The molecule has 168 valence electrons. The zero-order valence-electron chi connectivity index (χ0n) is 17.7. The fourth-order valence-corrected chi connectivity index (χ4v) is 3.23. The minimum Gasteiger partial charge on any atom is -0.334 e. The van der Waals surface area contributed by atoms with Gasteiger partial charge in [-0.3, -0.25) is 14.5 Å². The number of anilines is 1. The fraction of sp³-hybridized carbons (Fsp3) is 0.261. The number of aryl methyl sites for hydroxylation is 1. The van der Waals surface area contributed by atoms with Gasteiger partial charge in [-0.05, 0) is 42.6 Å². The van der Waals surface area contributed by atoms with Crippen molar-refractivity contribution < 1.29 is 9.18 Å². The molecular formula is C23H25ClFN5O2. The van der Waals surface area contributed by atoms with Gasteiger partial charge in [0.05, 0.1) is 12.2 Å². The molecule has 0 bridgehead atoms. The van der Waals surface area contributed by atoms with Crippen LogP contribution in [0.2, 0.25) is 5.02 Å². The second-order valence-corrected chi connectivity index (χ2v) is 7.69. The summed E-state index contributed by atoms with van der Waals surface area (Å²) >= 11 is 6.33. The Morgan fingerprint density at radius 2 is 1.94 bits per heavy atom. The second kappa shape index (κ2) is 11.4. The van der Waals surface area contributed by atoms with Crippen LogP contribution in [0.15, 0.2) is 53.5 Å². The molecule has 2 aromatic carbocycles. The van der Waals surface area contributed by atoms with Gasteiger partial charge in [-0.15, -0.1) is 0 Å². The molecule has 32 heavy (non-hydrogen) atoms. The first-order chi connectivity index (χ1) is 15.5. The van der Waals surface area contributed by atoms with E-state index in [1.54, 1.807) is 12.1 Å². The third-order valence-corrected chi connectivity index (χ3v) is 5.12. The Balaban J connectivity index is 1.60. The highest BCUT2D eigenvalue weighted by Crippen LogP contribution is 2.23. The summed E-state index contributed by atoms with van der Waals surface area (Å²) in [6.45, 7) is 3.04. The van der Waals surface area contributed by atoms with Crippen LogP contribution in [-0.4, -0.2) is 29.2 Å². The minimum absolute atomic E-state index is 0.0416. The quantitative estimate of drug-likeness (QED) is 0.362. The Hall–Kier alpha value is -3.23. The molecule has 0 spiro atoms. The van der Waals surface area contributed by atoms with Crippen LogP contribution in [0.4, 0.5) is 15.1 Å². The molecule has 1 aromatic heterocycles. The maximum Gasteiger partial charge on any atom is 0.321 e. The molecule has 0 atom stereocenters. The summed E-state index contributed by atoms with van der Waals surface area (Å²) in [5.74, 6) is 0.0416. The maximum atomic E-state index is 12.5. The van der Waals surface area contributed by atoms with Gasteiger partial charge in [-0.1, -0.05) is 53.6 Å². The zero-order valence-corrected chi connectivity index (χ0v) is 18.4. The third-order valence-electron chi connectivity index (χ3n) is 4.77. The smallest absolute Gasteiger partial charge is 0.321 e. The molecule has 0 aliphatic carbocycles. The van der Waals surface area contributed by atoms with E-state index in [0.29, 0.717) is 42.2 Å². The number of benzene rings is 2. The average molecular weight is 458 g/mol. The van der Waals surface area contributed by atoms with Crippen molar-refractivity contribution in [2.45, 2.75) is 26.4 Å². The van der Waals surface area contributed by atoms with Gasteiger partial charge in [0, 0.05) is 24.3 Å². The van der Waals surface area contributed by atoms with Gasteiger partial charge in [0.15, 0.2) is 0 Å². The van der Waals surface area contributed by atoms with Gasteiger partial charge >= 0.3 is 6.03 Å². The number of halogens is 2. The average Bonchev–Trinajstić information content (AvgIpc) is 2.77. The van der Waals surface area contributed by atoms with Crippen molar-refractivity contribution in [2.75, 3.05) is 18.5 Å². The predicted octanol–water partition coefficient (Wildman–Crippen LogP) is 4.17. The second-order valence-electron chi connectivity index (χ2n) is 7.29. The van der Waals surface area contributed by atoms with Crippen molar-refractivity contribution in [3.63, 3.8) is 0 Å². The number of aromatic nitrogens is 2. The molecule has 0 unspecified atom stereocenters. The maximum absolute atomic E-state index is 12.5. The Kier molecular flexibility index (Phi) is 8.35. The van der Waals surface area contributed by atoms with Gasteiger partial charge < -0.3 is 15.6 Å². The van der Waals surface area contributed by atoms with Crippen molar-refractivity contribution in [1.29, 1.82) is 0 Å². The van der Waals surface area contributed by atoms with E-state index in [9.17, 15) is 14.0 Å². The molecule has 4 N–H and O–H groups in total. The van der Waals surface area contributed by atoms with E-state index in [1.165, 1.54) is 6.20 Å². The fourth-order valence-electron chi connectivity index (χ4n) is 2.98. The molecule has 0 radical (unpaired) electrons. The van der Waals surface area contributed by atoms with Gasteiger partial charge in [-0.25, -0.2) is 4.79 Å². The first kappa shape index (κ1) is 23.4. The topological polar surface area (TPSA) is 98.9 Å². The molecule has 7 nitrogen and oxygen atoms in total. The van der Waals surface area contributed by atoms with E-state index in [4.69, 9.17) is 11.6 Å². The van der Waals surface area contributed by atoms with Gasteiger partial charge in [0.1, 0.15) is 0 Å². The lowest BCUT2D eigenvalue weighted by Gasteiger charge is -2.09. The molecule has 9 heteroatoms. The van der Waals surface area contributed by atoms with Crippen molar-refractivity contribution in [2.24, 2.45) is 0 Å². The normalized spacial score (nSPS) is 10.7. The van der Waals surface area contributed by atoms with Gasteiger partial charge in [0.25, 0.3) is 5.56 Å². The number of aromatic amines is 1. The van der Waals surface area contributed by atoms with Crippen LogP contribution in [0, 0.1) is 6.92 Å². The molecule has 0 fully saturated rings. The number of alkyl halides is 1. The number of nitrogens with zero attached hydrogens (tertiary/aromatic N) is 1. The summed E-state index contributed by atoms with van der Waals surface area (Å²) in [6, 6.07) is 12.6. The molecule has 3 rings (SSSR count). The molecule has 0 aliphatic rings. The molecule has 3 aromatic rings. The Bertz CT molecular complexity index is 1120. The van der Waals surface area contributed by atoms with Crippen LogP contribution in [0.5, 0.6) is 0 Å². The first-order valence-electron chi connectivity index (χ1n) is 10.2. The lowest BCUT2D eigenvalue weighted by atomic mass is 10.1. The standard InChI is InChI=1S/C23H25ClFN5O2/c1-15-3-5-16(6-4-15)12-28-23(32)30-22-27-14-19(21(31)29-22)17-7-8-18(20(24)11-17)13-26-10-2-9-25/h3-8,11,14,26H,2,9-10,12-13H2,1H3,(H3,27,28,29,30,31,32). The highest BCUT2D eigenvalue weighted by molar-refractivity contribution is 6.31. The van der Waals surface area contributed by atoms with E-state index >= 15 is 0 Å². The highest BCUT2D eigenvalue weighted by Gasteiger charge is 2.10. The van der Waals surface area contributed by atoms with E-state index in [2.05, 4.69) is 25.9 Å². The Morgan fingerprint density at radius 1 is 1.16 bits per heavy atom. The Morgan fingerprint density at radius 3 is 2.62 bits per heavy atom. The van der Waals surface area contributed by atoms with Crippen molar-refractivity contribution in [3.05, 3.63) is 80.7 Å². The van der Waals surface area contributed by atoms with Crippen molar-refractivity contribution >= 4 is 23.6 Å². The number of nitrogens with one attached hydrogen (secondary N) is 4. The molecule has 0 saturated carbocycles. The number of amides is 2. The van der Waals surface area contributed by atoms with Crippen LogP contribution >= 0.6 is 11.6 Å². The lowest BCUT2D eigenvalue weighted by molar-refractivity contribution is 0.251. The number of rotatable bonds is 9. The monoisotopic (exact) mass is 457 g/mol.